The lowest BCUT2D eigenvalue weighted by Crippen LogP contribution is -2.25. The second kappa shape index (κ2) is 6.87. The fourth-order valence-electron chi connectivity index (χ4n) is 2.36. The van der Waals surface area contributed by atoms with Gasteiger partial charge < -0.3 is 19.0 Å². The SMILES string of the molecule is COc1cc(C(=O)NCCCn2ccnc2)cc2oc(Br)cc12. The lowest BCUT2D eigenvalue weighted by atomic mass is 10.1. The molecular formula is C16H16BrN3O3. The van der Waals surface area contributed by atoms with E-state index in [2.05, 4.69) is 26.2 Å². The first-order valence-corrected chi connectivity index (χ1v) is 7.97. The van der Waals surface area contributed by atoms with Crippen molar-refractivity contribution in [3.05, 3.63) is 47.2 Å². The van der Waals surface area contributed by atoms with Gasteiger partial charge in [-0.05, 0) is 34.5 Å². The van der Waals surface area contributed by atoms with E-state index >= 15 is 0 Å². The van der Waals surface area contributed by atoms with Gasteiger partial charge in [-0.15, -0.1) is 0 Å². The van der Waals surface area contributed by atoms with Crippen LogP contribution in [0.4, 0.5) is 0 Å². The van der Waals surface area contributed by atoms with E-state index in [9.17, 15) is 4.79 Å². The minimum absolute atomic E-state index is 0.150. The summed E-state index contributed by atoms with van der Waals surface area (Å²) in [6.07, 6.45) is 6.22. The number of fused-ring (bicyclic) bond motifs is 1. The molecule has 0 aliphatic carbocycles. The maximum Gasteiger partial charge on any atom is 0.251 e. The van der Waals surface area contributed by atoms with Gasteiger partial charge in [0.2, 0.25) is 0 Å². The molecule has 2 heterocycles. The Morgan fingerprint density at radius 3 is 3.04 bits per heavy atom. The average Bonchev–Trinajstić information content (AvgIpc) is 3.18. The molecule has 0 saturated heterocycles. The standard InChI is InChI=1S/C16H16BrN3O3/c1-22-13-7-11(8-14-12(13)9-15(17)23-14)16(21)19-3-2-5-20-6-4-18-10-20/h4,6-10H,2-3,5H2,1H3,(H,19,21). The van der Waals surface area contributed by atoms with Gasteiger partial charge >= 0.3 is 0 Å². The normalized spacial score (nSPS) is 10.9. The summed E-state index contributed by atoms with van der Waals surface area (Å²) in [4.78, 5) is 16.3. The van der Waals surface area contributed by atoms with Crippen LogP contribution in [0.1, 0.15) is 16.8 Å². The van der Waals surface area contributed by atoms with Gasteiger partial charge in [-0.25, -0.2) is 4.98 Å². The highest BCUT2D eigenvalue weighted by molar-refractivity contribution is 9.10. The predicted octanol–water partition coefficient (Wildman–Crippen LogP) is 3.22. The number of nitrogens with one attached hydrogen (secondary N) is 1. The predicted molar refractivity (Wildman–Crippen MR) is 89.6 cm³/mol. The maximum absolute atomic E-state index is 12.3. The van der Waals surface area contributed by atoms with Gasteiger partial charge in [0.05, 0.1) is 18.8 Å². The second-order valence-electron chi connectivity index (χ2n) is 5.05. The molecule has 0 unspecified atom stereocenters. The third-order valence-electron chi connectivity index (χ3n) is 3.49. The Balaban J connectivity index is 1.65. The molecule has 1 aromatic carbocycles. The molecule has 3 rings (SSSR count). The molecule has 0 bridgehead atoms. The number of halogens is 1. The number of carbonyl (C=O) groups excluding carboxylic acids is 1. The van der Waals surface area contributed by atoms with Crippen LogP contribution in [-0.4, -0.2) is 29.1 Å². The molecule has 0 fully saturated rings. The van der Waals surface area contributed by atoms with Crippen LogP contribution in [0.5, 0.6) is 5.75 Å². The number of furan rings is 1. The number of imidazole rings is 1. The van der Waals surface area contributed by atoms with Crippen LogP contribution in [0.25, 0.3) is 11.0 Å². The summed E-state index contributed by atoms with van der Waals surface area (Å²) in [6.45, 7) is 1.40. The van der Waals surface area contributed by atoms with Gasteiger partial charge in [0, 0.05) is 37.1 Å². The molecule has 0 spiro atoms. The molecule has 2 aromatic heterocycles. The fraction of sp³-hybridized carbons (Fsp3) is 0.250. The first-order valence-electron chi connectivity index (χ1n) is 7.18. The minimum atomic E-state index is -0.150. The van der Waals surface area contributed by atoms with Crippen LogP contribution in [0.15, 0.2) is 46.0 Å². The molecule has 0 saturated carbocycles. The van der Waals surface area contributed by atoms with Gasteiger partial charge in [0.15, 0.2) is 4.67 Å². The second-order valence-corrected chi connectivity index (χ2v) is 5.83. The molecule has 1 amide bonds. The number of ether oxygens (including phenoxy) is 1. The molecule has 0 aliphatic heterocycles. The quantitative estimate of drug-likeness (QED) is 0.669. The first kappa shape index (κ1) is 15.6. The monoisotopic (exact) mass is 377 g/mol. The lowest BCUT2D eigenvalue weighted by molar-refractivity contribution is 0.0952. The van der Waals surface area contributed by atoms with Crippen LogP contribution in [0, 0.1) is 0 Å². The molecule has 3 aromatic rings. The van der Waals surface area contributed by atoms with Crippen molar-refractivity contribution in [2.75, 3.05) is 13.7 Å². The molecule has 23 heavy (non-hydrogen) atoms. The third-order valence-corrected chi connectivity index (χ3v) is 3.88. The molecule has 120 valence electrons. The van der Waals surface area contributed by atoms with Crippen molar-refractivity contribution in [1.29, 1.82) is 0 Å². The summed E-state index contributed by atoms with van der Waals surface area (Å²) < 4.78 is 13.4. The van der Waals surface area contributed by atoms with E-state index in [4.69, 9.17) is 9.15 Å². The molecule has 0 atom stereocenters. The first-order chi connectivity index (χ1) is 11.2. The van der Waals surface area contributed by atoms with Gasteiger partial charge in [0.25, 0.3) is 5.91 Å². The van der Waals surface area contributed by atoms with Crippen molar-refractivity contribution in [2.45, 2.75) is 13.0 Å². The zero-order valence-corrected chi connectivity index (χ0v) is 14.2. The van der Waals surface area contributed by atoms with Gasteiger partial charge in [-0.1, -0.05) is 0 Å². The van der Waals surface area contributed by atoms with E-state index in [-0.39, 0.29) is 5.91 Å². The highest BCUT2D eigenvalue weighted by atomic mass is 79.9. The van der Waals surface area contributed by atoms with Crippen molar-refractivity contribution >= 4 is 32.8 Å². The van der Waals surface area contributed by atoms with Crippen LogP contribution < -0.4 is 10.1 Å². The van der Waals surface area contributed by atoms with Crippen molar-refractivity contribution in [1.82, 2.24) is 14.9 Å². The topological polar surface area (TPSA) is 69.3 Å². The molecule has 7 heteroatoms. The Morgan fingerprint density at radius 2 is 2.30 bits per heavy atom. The Bertz CT molecular complexity index is 811. The van der Waals surface area contributed by atoms with Crippen LogP contribution in [0.3, 0.4) is 0 Å². The molecule has 6 nitrogen and oxygen atoms in total. The zero-order valence-electron chi connectivity index (χ0n) is 12.6. The van der Waals surface area contributed by atoms with Crippen molar-refractivity contribution < 1.29 is 13.9 Å². The molecular weight excluding hydrogens is 362 g/mol. The Morgan fingerprint density at radius 1 is 1.43 bits per heavy atom. The van der Waals surface area contributed by atoms with E-state index in [1.54, 1.807) is 31.8 Å². The number of nitrogens with zero attached hydrogens (tertiary/aromatic N) is 2. The number of aromatic nitrogens is 2. The van der Waals surface area contributed by atoms with Gasteiger partial charge in [0.1, 0.15) is 11.3 Å². The van der Waals surface area contributed by atoms with Crippen LogP contribution in [-0.2, 0) is 6.54 Å². The van der Waals surface area contributed by atoms with E-state index < -0.39 is 0 Å². The number of amides is 1. The smallest absolute Gasteiger partial charge is 0.251 e. The Hall–Kier alpha value is -2.28. The summed E-state index contributed by atoms with van der Waals surface area (Å²) in [5.74, 6) is 0.462. The van der Waals surface area contributed by atoms with Crippen LogP contribution >= 0.6 is 15.9 Å². The summed E-state index contributed by atoms with van der Waals surface area (Å²) in [5.41, 5.74) is 1.12. The number of carbonyl (C=O) groups is 1. The molecule has 1 N–H and O–H groups in total. The lowest BCUT2D eigenvalue weighted by Gasteiger charge is -2.08. The number of hydrogen-bond acceptors (Lipinski definition) is 4. The summed E-state index contributed by atoms with van der Waals surface area (Å²) in [6, 6.07) is 5.25. The average molecular weight is 378 g/mol. The molecule has 0 radical (unpaired) electrons. The number of hydrogen-bond donors (Lipinski definition) is 1. The zero-order chi connectivity index (χ0) is 16.2. The van der Waals surface area contributed by atoms with Crippen molar-refractivity contribution in [3.8, 4) is 5.75 Å². The Kier molecular flexibility index (Phi) is 4.66. The number of benzene rings is 1. The highest BCUT2D eigenvalue weighted by Gasteiger charge is 2.13. The number of methoxy groups -OCH3 is 1. The molecule has 0 aliphatic rings. The van der Waals surface area contributed by atoms with E-state index in [1.807, 2.05) is 16.8 Å². The van der Waals surface area contributed by atoms with Crippen LogP contribution in [0.2, 0.25) is 0 Å². The third kappa shape index (κ3) is 3.56. The van der Waals surface area contributed by atoms with Crippen molar-refractivity contribution in [3.63, 3.8) is 0 Å². The van der Waals surface area contributed by atoms with E-state index in [0.29, 0.717) is 28.1 Å². The van der Waals surface area contributed by atoms with E-state index in [0.717, 1.165) is 18.4 Å². The summed E-state index contributed by atoms with van der Waals surface area (Å²) in [5, 5.41) is 3.73. The fourth-order valence-corrected chi connectivity index (χ4v) is 2.76. The Labute approximate surface area is 141 Å². The van der Waals surface area contributed by atoms with Crippen molar-refractivity contribution in [2.24, 2.45) is 0 Å². The maximum atomic E-state index is 12.3. The van der Waals surface area contributed by atoms with Gasteiger partial charge in [-0.3, -0.25) is 4.79 Å². The highest BCUT2D eigenvalue weighted by Crippen LogP contribution is 2.32. The largest absolute Gasteiger partial charge is 0.496 e. The van der Waals surface area contributed by atoms with Gasteiger partial charge in [-0.2, -0.15) is 0 Å². The summed E-state index contributed by atoms with van der Waals surface area (Å²) >= 11 is 3.29. The number of aryl methyl sites for hydroxylation is 1. The minimum Gasteiger partial charge on any atom is -0.496 e. The number of rotatable bonds is 6. The van der Waals surface area contributed by atoms with E-state index in [1.165, 1.54) is 0 Å². The summed E-state index contributed by atoms with van der Waals surface area (Å²) in [7, 11) is 1.57.